The fourth-order valence-corrected chi connectivity index (χ4v) is 3.45. The molecule has 0 radical (unpaired) electrons. The van der Waals surface area contributed by atoms with Crippen LogP contribution in [0.5, 0.6) is 11.5 Å². The standard InChI is InChI=1S/C18H27NO4.C5H11N/c1-2-3-4-5-6-7-18(21)19-13-15(20)14-8-9-16-17(12-14)23-11-10-22-16;1-6-4-2-3-5-6/h8-9,12,15,20H,2-7,10-11,13H2,1H3,(H,19,21);2-5H2,1H3. The number of ether oxygens (including phenoxy) is 2. The maximum atomic E-state index is 11.8. The first-order chi connectivity index (χ1) is 14.1. The topological polar surface area (TPSA) is 71.0 Å². The zero-order valence-corrected chi connectivity index (χ0v) is 18.1. The molecule has 0 saturated carbocycles. The van der Waals surface area contributed by atoms with Crippen molar-refractivity contribution in [1.82, 2.24) is 10.2 Å². The van der Waals surface area contributed by atoms with Crippen LogP contribution in [0, 0.1) is 0 Å². The van der Waals surface area contributed by atoms with Crippen LogP contribution in [0.2, 0.25) is 0 Å². The molecule has 0 aromatic heterocycles. The van der Waals surface area contributed by atoms with Gasteiger partial charge in [-0.15, -0.1) is 0 Å². The minimum absolute atomic E-state index is 0.00177. The van der Waals surface area contributed by atoms with Crippen LogP contribution in [0.1, 0.15) is 70.0 Å². The Morgan fingerprint density at radius 3 is 2.45 bits per heavy atom. The van der Waals surface area contributed by atoms with E-state index in [-0.39, 0.29) is 12.5 Å². The molecule has 2 aliphatic rings. The van der Waals surface area contributed by atoms with Crippen LogP contribution in [0.25, 0.3) is 0 Å². The van der Waals surface area contributed by atoms with Crippen LogP contribution >= 0.6 is 0 Å². The van der Waals surface area contributed by atoms with Crippen molar-refractivity contribution in [2.24, 2.45) is 0 Å². The molecular weight excluding hydrogens is 368 g/mol. The van der Waals surface area contributed by atoms with Gasteiger partial charge in [0.25, 0.3) is 0 Å². The van der Waals surface area contributed by atoms with Gasteiger partial charge >= 0.3 is 0 Å². The Morgan fingerprint density at radius 2 is 1.79 bits per heavy atom. The highest BCUT2D eigenvalue weighted by molar-refractivity contribution is 5.75. The van der Waals surface area contributed by atoms with Crippen LogP contribution in [0.4, 0.5) is 0 Å². The Bertz CT molecular complexity index is 603. The summed E-state index contributed by atoms with van der Waals surface area (Å²) in [6.07, 6.45) is 8.22. The van der Waals surface area contributed by atoms with E-state index in [1.54, 1.807) is 18.2 Å². The number of likely N-dealkylation sites (tertiary alicyclic amines) is 1. The zero-order chi connectivity index (χ0) is 20.9. The molecule has 3 rings (SSSR count). The highest BCUT2D eigenvalue weighted by Crippen LogP contribution is 2.32. The third-order valence-electron chi connectivity index (χ3n) is 5.28. The van der Waals surface area contributed by atoms with Gasteiger partial charge in [0, 0.05) is 13.0 Å². The number of unbranched alkanes of at least 4 members (excludes halogenated alkanes) is 4. The predicted molar refractivity (Wildman–Crippen MR) is 116 cm³/mol. The largest absolute Gasteiger partial charge is 0.486 e. The van der Waals surface area contributed by atoms with E-state index in [9.17, 15) is 9.90 Å². The van der Waals surface area contributed by atoms with Crippen molar-refractivity contribution in [3.63, 3.8) is 0 Å². The molecule has 2 heterocycles. The van der Waals surface area contributed by atoms with Crippen LogP contribution in [-0.2, 0) is 4.79 Å². The maximum Gasteiger partial charge on any atom is 0.220 e. The van der Waals surface area contributed by atoms with Gasteiger partial charge in [-0.1, -0.05) is 38.7 Å². The normalized spacial score (nSPS) is 16.7. The molecule has 1 unspecified atom stereocenters. The van der Waals surface area contributed by atoms with Crippen LogP contribution in [-0.4, -0.2) is 55.8 Å². The van der Waals surface area contributed by atoms with Gasteiger partial charge in [0.05, 0.1) is 6.10 Å². The lowest BCUT2D eigenvalue weighted by atomic mass is 10.1. The van der Waals surface area contributed by atoms with Crippen molar-refractivity contribution in [2.45, 2.75) is 64.4 Å². The van der Waals surface area contributed by atoms with Crippen LogP contribution < -0.4 is 14.8 Å². The summed E-state index contributed by atoms with van der Waals surface area (Å²) < 4.78 is 11.0. The molecule has 6 nitrogen and oxygen atoms in total. The zero-order valence-electron chi connectivity index (χ0n) is 18.1. The van der Waals surface area contributed by atoms with E-state index in [1.807, 2.05) is 0 Å². The van der Waals surface area contributed by atoms with E-state index in [2.05, 4.69) is 24.2 Å². The molecule has 29 heavy (non-hydrogen) atoms. The average molecular weight is 407 g/mol. The van der Waals surface area contributed by atoms with Gasteiger partial charge in [-0.25, -0.2) is 0 Å². The van der Waals surface area contributed by atoms with E-state index in [0.717, 1.165) is 18.4 Å². The fourth-order valence-electron chi connectivity index (χ4n) is 3.45. The summed E-state index contributed by atoms with van der Waals surface area (Å²) in [7, 11) is 2.17. The second-order valence-electron chi connectivity index (χ2n) is 7.90. The Labute approximate surface area is 175 Å². The number of rotatable bonds is 9. The third kappa shape index (κ3) is 9.05. The molecule has 1 amide bonds. The molecular formula is C23H38N2O4. The summed E-state index contributed by atoms with van der Waals surface area (Å²) in [4.78, 5) is 14.1. The van der Waals surface area contributed by atoms with Gasteiger partial charge in [-0.05, 0) is 57.1 Å². The molecule has 1 aromatic rings. The molecule has 2 aliphatic heterocycles. The van der Waals surface area contributed by atoms with Crippen molar-refractivity contribution < 1.29 is 19.4 Å². The lowest BCUT2D eigenvalue weighted by molar-refractivity contribution is -0.121. The Kier molecular flexibility index (Phi) is 10.9. The van der Waals surface area contributed by atoms with E-state index in [1.165, 1.54) is 45.2 Å². The summed E-state index contributed by atoms with van der Waals surface area (Å²) in [5.41, 5.74) is 0.720. The molecule has 0 bridgehead atoms. The van der Waals surface area contributed by atoms with E-state index in [0.29, 0.717) is 31.1 Å². The molecule has 0 aliphatic carbocycles. The van der Waals surface area contributed by atoms with E-state index < -0.39 is 6.10 Å². The summed E-state index contributed by atoms with van der Waals surface area (Å²) in [5.74, 6) is 1.34. The van der Waals surface area contributed by atoms with E-state index >= 15 is 0 Å². The third-order valence-corrected chi connectivity index (χ3v) is 5.28. The second kappa shape index (κ2) is 13.4. The number of carbonyl (C=O) groups is 1. The maximum absolute atomic E-state index is 11.8. The molecule has 0 spiro atoms. The first-order valence-corrected chi connectivity index (χ1v) is 11.1. The molecule has 164 valence electrons. The SMILES string of the molecule is CCCCCCCC(=O)NCC(O)c1ccc2c(c1)OCCO2.CN1CCCC1. The lowest BCUT2D eigenvalue weighted by Gasteiger charge is -2.20. The Balaban J connectivity index is 0.000000426. The monoisotopic (exact) mass is 406 g/mol. The number of amides is 1. The van der Waals surface area contributed by atoms with Crippen LogP contribution in [0.3, 0.4) is 0 Å². The number of carbonyl (C=O) groups excluding carboxylic acids is 1. The number of aliphatic hydroxyl groups is 1. The first-order valence-electron chi connectivity index (χ1n) is 11.1. The average Bonchev–Trinajstić information content (AvgIpc) is 3.23. The summed E-state index contributed by atoms with van der Waals surface area (Å²) in [6, 6.07) is 5.37. The van der Waals surface area contributed by atoms with Gasteiger partial charge in [0.1, 0.15) is 13.2 Å². The smallest absolute Gasteiger partial charge is 0.220 e. The highest BCUT2D eigenvalue weighted by Gasteiger charge is 2.16. The molecule has 1 fully saturated rings. The summed E-state index contributed by atoms with van der Waals surface area (Å²) in [5, 5.41) is 13.0. The number of fused-ring (bicyclic) bond motifs is 1. The van der Waals surface area contributed by atoms with Gasteiger partial charge < -0.3 is 24.8 Å². The van der Waals surface area contributed by atoms with E-state index in [4.69, 9.17) is 9.47 Å². The van der Waals surface area contributed by atoms with Crippen molar-refractivity contribution in [3.05, 3.63) is 23.8 Å². The van der Waals surface area contributed by atoms with Gasteiger partial charge in [-0.3, -0.25) is 4.79 Å². The van der Waals surface area contributed by atoms with Crippen LogP contribution in [0.15, 0.2) is 18.2 Å². The molecule has 2 N–H and O–H groups in total. The van der Waals surface area contributed by atoms with Crippen molar-refractivity contribution >= 4 is 5.91 Å². The number of nitrogens with zero attached hydrogens (tertiary/aromatic N) is 1. The summed E-state index contributed by atoms with van der Waals surface area (Å²) in [6.45, 7) is 6.09. The Morgan fingerprint density at radius 1 is 1.10 bits per heavy atom. The van der Waals surface area contributed by atoms with Gasteiger partial charge in [0.15, 0.2) is 11.5 Å². The van der Waals surface area contributed by atoms with Crippen molar-refractivity contribution in [3.8, 4) is 11.5 Å². The predicted octanol–water partition coefficient (Wildman–Crippen LogP) is 3.68. The van der Waals surface area contributed by atoms with Gasteiger partial charge in [0.2, 0.25) is 5.91 Å². The molecule has 1 saturated heterocycles. The number of aliphatic hydroxyl groups excluding tert-OH is 1. The minimum atomic E-state index is -0.741. The lowest BCUT2D eigenvalue weighted by Crippen LogP contribution is -2.28. The Hall–Kier alpha value is -1.79. The number of nitrogens with one attached hydrogen (secondary N) is 1. The van der Waals surface area contributed by atoms with Gasteiger partial charge in [-0.2, -0.15) is 0 Å². The molecule has 1 aromatic carbocycles. The fraction of sp³-hybridized carbons (Fsp3) is 0.696. The van der Waals surface area contributed by atoms with Crippen molar-refractivity contribution in [1.29, 1.82) is 0 Å². The summed E-state index contributed by atoms with van der Waals surface area (Å²) >= 11 is 0. The molecule has 1 atom stereocenters. The number of benzene rings is 1. The minimum Gasteiger partial charge on any atom is -0.486 e. The number of hydrogen-bond donors (Lipinski definition) is 2. The quantitative estimate of drug-likeness (QED) is 0.612. The number of hydrogen-bond acceptors (Lipinski definition) is 5. The second-order valence-corrected chi connectivity index (χ2v) is 7.90. The first kappa shape index (κ1) is 23.5. The van der Waals surface area contributed by atoms with Crippen molar-refractivity contribution in [2.75, 3.05) is 39.9 Å². The highest BCUT2D eigenvalue weighted by atomic mass is 16.6. The molecule has 6 heteroatoms.